The molecule has 1 aliphatic rings. The van der Waals surface area contributed by atoms with Gasteiger partial charge in [-0.15, -0.1) is 10.2 Å². The van der Waals surface area contributed by atoms with Gasteiger partial charge in [0.1, 0.15) is 17.3 Å². The zero-order valence-electron chi connectivity index (χ0n) is 28.3. The predicted molar refractivity (Wildman–Crippen MR) is 192 cm³/mol. The summed E-state index contributed by atoms with van der Waals surface area (Å²) >= 11 is 6.73. The van der Waals surface area contributed by atoms with Gasteiger partial charge in [-0.3, -0.25) is 5.01 Å². The molecule has 2 aromatic heterocycles. The highest BCUT2D eigenvalue weighted by Crippen LogP contribution is 2.36. The van der Waals surface area contributed by atoms with E-state index in [2.05, 4.69) is 15.3 Å². The predicted octanol–water partition coefficient (Wildman–Crippen LogP) is 7.93. The number of hydrogen-bond acceptors (Lipinski definition) is 8. The first kappa shape index (κ1) is 35.6. The Morgan fingerprint density at radius 1 is 1.12 bits per heavy atom. The minimum atomic E-state index is -1.01. The number of halogens is 2. The van der Waals surface area contributed by atoms with Crippen molar-refractivity contribution in [3.63, 3.8) is 0 Å². The lowest BCUT2D eigenvalue weighted by molar-refractivity contribution is 0.0685. The number of hydrazone groups is 1. The first-order valence-corrected chi connectivity index (χ1v) is 17.0. The highest BCUT2D eigenvalue weighted by Gasteiger charge is 2.24. The van der Waals surface area contributed by atoms with E-state index in [0.717, 1.165) is 63.4 Å². The first-order chi connectivity index (χ1) is 23.8. The Hall–Kier alpha value is -4.74. The number of carboxylic acids is 1. The molecule has 1 saturated heterocycles. The Morgan fingerprint density at radius 3 is 2.63 bits per heavy atom. The Kier molecular flexibility index (Phi) is 11.7. The summed E-state index contributed by atoms with van der Waals surface area (Å²) in [5.41, 5.74) is 10.0. The minimum absolute atomic E-state index is 0.174. The lowest BCUT2D eigenvalue weighted by Gasteiger charge is -2.14. The second-order valence-corrected chi connectivity index (χ2v) is 11.9. The number of fused-ring (bicyclic) bond motifs is 2. The van der Waals surface area contributed by atoms with Crippen LogP contribution in [0.5, 0.6) is 5.75 Å². The van der Waals surface area contributed by atoms with Gasteiger partial charge in [0.05, 0.1) is 18.7 Å². The largest absolute Gasteiger partial charge is 0.493 e. The molecule has 0 saturated carbocycles. The molecule has 3 aromatic carbocycles. The van der Waals surface area contributed by atoms with Gasteiger partial charge in [-0.2, -0.15) is 5.10 Å². The van der Waals surface area contributed by atoms with Crippen molar-refractivity contribution in [3.05, 3.63) is 93.2 Å². The van der Waals surface area contributed by atoms with Crippen LogP contribution in [0, 0.1) is 5.82 Å². The molecule has 1 aliphatic heterocycles. The monoisotopic (exact) mass is 688 g/mol. The Morgan fingerprint density at radius 2 is 1.90 bits per heavy atom. The fourth-order valence-electron chi connectivity index (χ4n) is 6.34. The van der Waals surface area contributed by atoms with Gasteiger partial charge in [0.15, 0.2) is 0 Å². The Labute approximate surface area is 290 Å². The number of aromatic carboxylic acids is 1. The molecule has 3 N–H and O–H groups in total. The molecular formula is C37H42ClFN6O4. The molecule has 12 heteroatoms. The Bertz CT molecular complexity index is 2020. The van der Waals surface area contributed by atoms with E-state index in [1.54, 1.807) is 23.9 Å². The number of carboxylic acid groups (broad SMARTS) is 1. The SMILES string of the molecule is C/C=N/N1CCC/C1=C\c1c(Cl)ccc2c(CCCOc3cc(CCc4nnc(CN)o4)cc4cc(F)ccc34)c(C(=O)O)n(C)c12.CC. The number of ether oxygens (including phenoxy) is 1. The van der Waals surface area contributed by atoms with Crippen LogP contribution in [0.1, 0.15) is 79.0 Å². The van der Waals surface area contributed by atoms with Crippen LogP contribution < -0.4 is 10.5 Å². The van der Waals surface area contributed by atoms with Crippen LogP contribution in [-0.2, 0) is 32.9 Å². The summed E-state index contributed by atoms with van der Waals surface area (Å²) < 4.78 is 27.7. The normalized spacial score (nSPS) is 13.9. The summed E-state index contributed by atoms with van der Waals surface area (Å²) in [6.07, 6.45) is 7.73. The summed E-state index contributed by atoms with van der Waals surface area (Å²) in [6, 6.07) is 12.2. The minimum Gasteiger partial charge on any atom is -0.493 e. The van der Waals surface area contributed by atoms with Crippen LogP contribution in [0.25, 0.3) is 27.8 Å². The van der Waals surface area contributed by atoms with Crippen molar-refractivity contribution in [2.24, 2.45) is 17.9 Å². The highest BCUT2D eigenvalue weighted by atomic mass is 35.5. The number of nitrogens with zero attached hydrogens (tertiary/aromatic N) is 5. The van der Waals surface area contributed by atoms with Crippen molar-refractivity contribution in [1.82, 2.24) is 19.8 Å². The van der Waals surface area contributed by atoms with E-state index in [1.165, 1.54) is 12.1 Å². The van der Waals surface area contributed by atoms with Crippen molar-refractivity contribution in [2.45, 2.75) is 65.8 Å². The van der Waals surface area contributed by atoms with Crippen LogP contribution in [0.4, 0.5) is 4.39 Å². The van der Waals surface area contributed by atoms with Crippen LogP contribution >= 0.6 is 11.6 Å². The van der Waals surface area contributed by atoms with Crippen molar-refractivity contribution in [2.75, 3.05) is 13.2 Å². The molecule has 1 fully saturated rings. The number of allylic oxidation sites excluding steroid dienone is 1. The fourth-order valence-corrected chi connectivity index (χ4v) is 6.55. The van der Waals surface area contributed by atoms with E-state index in [0.29, 0.717) is 54.8 Å². The maximum atomic E-state index is 14.2. The number of nitrogens with two attached hydrogens (primary N) is 1. The number of benzene rings is 3. The number of rotatable bonds is 12. The summed E-state index contributed by atoms with van der Waals surface area (Å²) in [5.74, 6) is 0.135. The standard InChI is InChI=1S/C35H36ClFN6O4.C2H6/c1-3-39-43-14-4-6-24(43)19-28-29(36)12-11-27-26(34(35(44)45)42(2)33(27)28)7-5-15-46-30-17-21(8-13-31-40-41-32(20-38)47-31)16-22-18-23(37)9-10-25(22)30;1-2/h3,9-12,16-19H,4-8,13-15,20,38H2,1-2H3,(H,44,45);1-2H3/b24-19+,39-3+;. The van der Waals surface area contributed by atoms with E-state index < -0.39 is 5.97 Å². The third kappa shape index (κ3) is 7.79. The van der Waals surface area contributed by atoms with Crippen molar-refractivity contribution < 1.29 is 23.4 Å². The van der Waals surface area contributed by atoms with Gasteiger partial charge in [0.25, 0.3) is 0 Å². The van der Waals surface area contributed by atoms with Gasteiger partial charge < -0.3 is 24.6 Å². The smallest absolute Gasteiger partial charge is 0.352 e. The average Bonchev–Trinajstić information content (AvgIpc) is 3.82. The number of aryl methyl sites for hydroxylation is 4. The van der Waals surface area contributed by atoms with Gasteiger partial charge in [0.2, 0.25) is 11.8 Å². The van der Waals surface area contributed by atoms with Gasteiger partial charge in [-0.1, -0.05) is 37.6 Å². The molecule has 0 amide bonds. The molecule has 0 atom stereocenters. The second kappa shape index (κ2) is 16.1. The van der Waals surface area contributed by atoms with Crippen LogP contribution in [-0.4, -0.2) is 50.2 Å². The molecule has 258 valence electrons. The van der Waals surface area contributed by atoms with Gasteiger partial charge in [-0.05, 0) is 91.9 Å². The molecule has 0 aliphatic carbocycles. The fraction of sp³-hybridized carbons (Fsp3) is 0.351. The maximum absolute atomic E-state index is 14.2. The number of aromatic nitrogens is 3. The molecule has 49 heavy (non-hydrogen) atoms. The van der Waals surface area contributed by atoms with Crippen LogP contribution in [0.15, 0.2) is 57.7 Å². The molecule has 3 heterocycles. The van der Waals surface area contributed by atoms with E-state index >= 15 is 0 Å². The molecular weight excluding hydrogens is 647 g/mol. The summed E-state index contributed by atoms with van der Waals surface area (Å²) in [5, 5.41) is 27.5. The molecule has 5 aromatic rings. The molecule has 0 radical (unpaired) electrons. The van der Waals surface area contributed by atoms with E-state index in [-0.39, 0.29) is 18.1 Å². The van der Waals surface area contributed by atoms with Crippen LogP contribution in [0.2, 0.25) is 5.02 Å². The molecule has 6 rings (SSSR count). The van der Waals surface area contributed by atoms with Crippen LogP contribution in [0.3, 0.4) is 0 Å². The zero-order chi connectivity index (χ0) is 35.1. The van der Waals surface area contributed by atoms with E-state index in [1.807, 2.05) is 56.1 Å². The van der Waals surface area contributed by atoms with E-state index in [9.17, 15) is 14.3 Å². The molecule has 0 unspecified atom stereocenters. The molecule has 10 nitrogen and oxygen atoms in total. The van der Waals surface area contributed by atoms with E-state index in [4.69, 9.17) is 26.5 Å². The van der Waals surface area contributed by atoms with Crippen molar-refractivity contribution in [1.29, 1.82) is 0 Å². The van der Waals surface area contributed by atoms with Gasteiger partial charge in [-0.25, -0.2) is 9.18 Å². The van der Waals surface area contributed by atoms with Gasteiger partial charge >= 0.3 is 5.97 Å². The van der Waals surface area contributed by atoms with Gasteiger partial charge in [0, 0.05) is 53.3 Å². The summed E-state index contributed by atoms with van der Waals surface area (Å²) in [6.45, 7) is 7.20. The molecule has 0 spiro atoms. The van der Waals surface area contributed by atoms with Crippen molar-refractivity contribution in [3.8, 4) is 5.75 Å². The number of hydrogen-bond donors (Lipinski definition) is 2. The first-order valence-electron chi connectivity index (χ1n) is 16.6. The molecule has 0 bridgehead atoms. The maximum Gasteiger partial charge on any atom is 0.352 e. The Balaban J connectivity index is 0.00000230. The number of carbonyl (C=O) groups is 1. The topological polar surface area (TPSA) is 132 Å². The average molecular weight is 689 g/mol. The third-order valence-corrected chi connectivity index (χ3v) is 8.75. The van der Waals surface area contributed by atoms with Crippen molar-refractivity contribution >= 4 is 51.5 Å². The third-order valence-electron chi connectivity index (χ3n) is 8.42. The second-order valence-electron chi connectivity index (χ2n) is 11.5. The summed E-state index contributed by atoms with van der Waals surface area (Å²) in [4.78, 5) is 12.6. The zero-order valence-corrected chi connectivity index (χ0v) is 29.1. The highest BCUT2D eigenvalue weighted by molar-refractivity contribution is 6.33. The quantitative estimate of drug-likeness (QED) is 0.0998. The lowest BCUT2D eigenvalue weighted by Crippen LogP contribution is -2.10. The lowest BCUT2D eigenvalue weighted by atomic mass is 10.0. The summed E-state index contributed by atoms with van der Waals surface area (Å²) in [7, 11) is 1.77.